The normalized spacial score (nSPS) is 10.7. The van der Waals surface area contributed by atoms with Gasteiger partial charge < -0.3 is 10.5 Å². The first-order valence-electron chi connectivity index (χ1n) is 7.66. The topological polar surface area (TPSA) is 115 Å². The average molecular weight is 400 g/mol. The Balaban J connectivity index is 0.00000338. The van der Waals surface area contributed by atoms with Crippen molar-refractivity contribution in [1.82, 2.24) is 5.48 Å². The average Bonchev–Trinajstić information content (AvgIpc) is 2.58. The van der Waals surface area contributed by atoms with Crippen molar-refractivity contribution in [3.8, 4) is 5.75 Å². The molecular formula is C17H22ClN3O4S. The summed E-state index contributed by atoms with van der Waals surface area (Å²) >= 11 is 0. The number of ether oxygens (including phenoxy) is 1. The number of guanidine groups is 1. The number of hydrogen-bond acceptors (Lipinski definition) is 5. The van der Waals surface area contributed by atoms with Gasteiger partial charge in [-0.25, -0.2) is 13.9 Å². The molecule has 0 spiro atoms. The minimum Gasteiger partial charge on any atom is -0.492 e. The van der Waals surface area contributed by atoms with E-state index >= 15 is 0 Å². The Morgan fingerprint density at radius 3 is 2.50 bits per heavy atom. The molecule has 0 aliphatic heterocycles. The van der Waals surface area contributed by atoms with Crippen LogP contribution in [-0.2, 0) is 14.7 Å². The molecule has 0 heterocycles. The fourth-order valence-electron chi connectivity index (χ4n) is 2.12. The van der Waals surface area contributed by atoms with Gasteiger partial charge in [0.1, 0.15) is 10.6 Å². The highest BCUT2D eigenvalue weighted by Crippen LogP contribution is 2.30. The monoisotopic (exact) mass is 399 g/mol. The molecule has 0 bridgehead atoms. The molecule has 4 N–H and O–H groups in total. The second kappa shape index (κ2) is 10.0. The predicted molar refractivity (Wildman–Crippen MR) is 101 cm³/mol. The summed E-state index contributed by atoms with van der Waals surface area (Å²) in [6.07, 6.45) is 0.499. The highest BCUT2D eigenvalue weighted by molar-refractivity contribution is 7.91. The van der Waals surface area contributed by atoms with Gasteiger partial charge in [-0.15, -0.1) is 12.4 Å². The molecule has 2 rings (SSSR count). The van der Waals surface area contributed by atoms with Crippen LogP contribution in [0, 0.1) is 12.3 Å². The zero-order valence-corrected chi connectivity index (χ0v) is 15.9. The van der Waals surface area contributed by atoms with Crippen LogP contribution >= 0.6 is 12.4 Å². The van der Waals surface area contributed by atoms with Gasteiger partial charge in [-0.05, 0) is 36.8 Å². The fraction of sp³-hybridized carbons (Fsp3) is 0.235. The number of nitrogens with one attached hydrogen (secondary N) is 2. The van der Waals surface area contributed by atoms with Crippen LogP contribution in [0.15, 0.2) is 58.3 Å². The van der Waals surface area contributed by atoms with Crippen molar-refractivity contribution in [2.45, 2.75) is 23.1 Å². The molecule has 0 radical (unpaired) electrons. The molecule has 0 saturated carbocycles. The van der Waals surface area contributed by atoms with Gasteiger partial charge in [0.15, 0.2) is 0 Å². The molecular weight excluding hydrogens is 378 g/mol. The number of halogens is 1. The summed E-state index contributed by atoms with van der Waals surface area (Å²) in [5.74, 6) is 0.0271. The van der Waals surface area contributed by atoms with Crippen LogP contribution < -0.4 is 16.0 Å². The Kier molecular flexibility index (Phi) is 8.37. The number of hydroxylamine groups is 1. The maximum absolute atomic E-state index is 12.8. The number of nitrogens with two attached hydrogens (primary N) is 1. The van der Waals surface area contributed by atoms with Crippen molar-refractivity contribution in [2.75, 3.05) is 13.2 Å². The molecule has 0 fully saturated rings. The van der Waals surface area contributed by atoms with E-state index in [1.54, 1.807) is 48.5 Å². The van der Waals surface area contributed by atoms with E-state index in [1.807, 2.05) is 6.92 Å². The first-order valence-corrected chi connectivity index (χ1v) is 9.15. The van der Waals surface area contributed by atoms with Crippen molar-refractivity contribution in [1.29, 1.82) is 5.41 Å². The maximum Gasteiger partial charge on any atom is 0.210 e. The summed E-state index contributed by atoms with van der Waals surface area (Å²) < 4.78 is 31.3. The van der Waals surface area contributed by atoms with E-state index in [2.05, 4.69) is 5.48 Å². The van der Waals surface area contributed by atoms with Gasteiger partial charge in [0.25, 0.3) is 0 Å². The van der Waals surface area contributed by atoms with E-state index < -0.39 is 9.84 Å². The molecule has 0 unspecified atom stereocenters. The predicted octanol–water partition coefficient (Wildman–Crippen LogP) is 2.43. The SMILES string of the molecule is Cc1ccc(S(=O)(=O)c2ccccc2)c(OCCCONC(=N)N)c1.Cl. The minimum absolute atomic E-state index is 0. The first-order chi connectivity index (χ1) is 11.9. The molecule has 0 saturated heterocycles. The molecule has 0 amide bonds. The van der Waals surface area contributed by atoms with Crippen molar-refractivity contribution in [2.24, 2.45) is 5.73 Å². The van der Waals surface area contributed by atoms with Crippen molar-refractivity contribution >= 4 is 28.2 Å². The number of sulfone groups is 1. The summed E-state index contributed by atoms with van der Waals surface area (Å²) in [5.41, 5.74) is 8.21. The third-order valence-corrected chi connectivity index (χ3v) is 5.08. The van der Waals surface area contributed by atoms with Crippen LogP contribution in [0.4, 0.5) is 0 Å². The highest BCUT2D eigenvalue weighted by Gasteiger charge is 2.22. The summed E-state index contributed by atoms with van der Waals surface area (Å²) in [7, 11) is -3.66. The largest absolute Gasteiger partial charge is 0.492 e. The molecule has 0 aliphatic rings. The molecule has 0 atom stereocenters. The Bertz CT molecular complexity index is 829. The lowest BCUT2D eigenvalue weighted by molar-refractivity contribution is 0.0730. The van der Waals surface area contributed by atoms with Crippen LogP contribution in [-0.4, -0.2) is 27.6 Å². The number of hydrogen-bond donors (Lipinski definition) is 3. The van der Waals surface area contributed by atoms with Gasteiger partial charge in [0, 0.05) is 6.42 Å². The second-order valence-electron chi connectivity index (χ2n) is 5.33. The Hall–Kier alpha value is -2.29. The van der Waals surface area contributed by atoms with E-state index in [1.165, 1.54) is 0 Å². The molecule has 0 aliphatic carbocycles. The van der Waals surface area contributed by atoms with Crippen LogP contribution in [0.5, 0.6) is 5.75 Å². The van der Waals surface area contributed by atoms with E-state index in [0.717, 1.165) is 5.56 Å². The van der Waals surface area contributed by atoms with E-state index in [4.69, 9.17) is 20.7 Å². The van der Waals surface area contributed by atoms with Crippen LogP contribution in [0.25, 0.3) is 0 Å². The van der Waals surface area contributed by atoms with Gasteiger partial charge in [0.05, 0.1) is 18.1 Å². The molecule has 142 valence electrons. The molecule has 7 nitrogen and oxygen atoms in total. The van der Waals surface area contributed by atoms with Gasteiger partial charge in [-0.3, -0.25) is 10.2 Å². The van der Waals surface area contributed by atoms with Gasteiger partial charge >= 0.3 is 0 Å². The highest BCUT2D eigenvalue weighted by atomic mass is 35.5. The standard InChI is InChI=1S/C17H21N3O4S.ClH/c1-13-8-9-16(25(21,22)14-6-3-2-4-7-14)15(12-13)23-10-5-11-24-20-17(18)19;/h2-4,6-9,12H,5,10-11H2,1H3,(H4,18,19,20);1H. The summed E-state index contributed by atoms with van der Waals surface area (Å²) in [5, 5.41) is 6.96. The van der Waals surface area contributed by atoms with Crippen molar-refractivity contribution in [3.63, 3.8) is 0 Å². The fourth-order valence-corrected chi connectivity index (χ4v) is 3.52. The van der Waals surface area contributed by atoms with Gasteiger partial charge in [-0.2, -0.15) is 0 Å². The lowest BCUT2D eigenvalue weighted by Crippen LogP contribution is -2.30. The zero-order valence-electron chi connectivity index (χ0n) is 14.3. The third-order valence-electron chi connectivity index (χ3n) is 3.27. The smallest absolute Gasteiger partial charge is 0.210 e. The molecule has 2 aromatic carbocycles. The summed E-state index contributed by atoms with van der Waals surface area (Å²) in [6, 6.07) is 13.2. The minimum atomic E-state index is -3.66. The Morgan fingerprint density at radius 1 is 1.15 bits per heavy atom. The van der Waals surface area contributed by atoms with E-state index in [-0.39, 0.29) is 41.4 Å². The summed E-state index contributed by atoms with van der Waals surface area (Å²) in [6.45, 7) is 2.40. The third kappa shape index (κ3) is 5.91. The lowest BCUT2D eigenvalue weighted by atomic mass is 10.2. The maximum atomic E-state index is 12.8. The van der Waals surface area contributed by atoms with Crippen LogP contribution in [0.3, 0.4) is 0 Å². The van der Waals surface area contributed by atoms with Gasteiger partial charge in [0.2, 0.25) is 15.8 Å². The molecule has 2 aromatic rings. The van der Waals surface area contributed by atoms with E-state index in [9.17, 15) is 8.42 Å². The Morgan fingerprint density at radius 2 is 1.85 bits per heavy atom. The molecule has 9 heteroatoms. The lowest BCUT2D eigenvalue weighted by Gasteiger charge is -2.13. The zero-order chi connectivity index (χ0) is 18.3. The van der Waals surface area contributed by atoms with Crippen LogP contribution in [0.2, 0.25) is 0 Å². The quantitative estimate of drug-likeness (QED) is 0.272. The summed E-state index contributed by atoms with van der Waals surface area (Å²) in [4.78, 5) is 5.28. The van der Waals surface area contributed by atoms with Crippen molar-refractivity contribution < 1.29 is 18.0 Å². The first kappa shape index (κ1) is 21.8. The van der Waals surface area contributed by atoms with Crippen LogP contribution in [0.1, 0.15) is 12.0 Å². The van der Waals surface area contributed by atoms with E-state index in [0.29, 0.717) is 12.2 Å². The number of aryl methyl sites for hydroxylation is 1. The number of benzene rings is 2. The number of rotatable bonds is 8. The van der Waals surface area contributed by atoms with Gasteiger partial charge in [-0.1, -0.05) is 24.3 Å². The molecule has 26 heavy (non-hydrogen) atoms. The Labute approximate surface area is 159 Å². The molecule has 0 aromatic heterocycles. The van der Waals surface area contributed by atoms with Crippen molar-refractivity contribution in [3.05, 3.63) is 54.1 Å². The second-order valence-corrected chi connectivity index (χ2v) is 7.25.